The summed E-state index contributed by atoms with van der Waals surface area (Å²) in [5.74, 6) is 0. The molecule has 0 bridgehead atoms. The van der Waals surface area contributed by atoms with Crippen LogP contribution < -0.4 is 0 Å². The van der Waals surface area contributed by atoms with E-state index in [1.54, 1.807) is 0 Å². The molecule has 0 saturated heterocycles. The molecule has 9 aromatic carbocycles. The molecule has 0 atom stereocenters. The number of nitriles is 1. The maximum Gasteiger partial charge on any atom is 0.102 e. The van der Waals surface area contributed by atoms with Gasteiger partial charge in [0, 0.05) is 61.0 Å². The SMILES string of the molecule is N#Cc1c(-c2ccncc2)c(-n2c3ccccc3c3ccccc32)c(-n2c3ccccc3c3ccccc32)c(-n2c3ccccc3c3ccccc32)c1-n1c2ccccc2c2ccccc21. The largest absolute Gasteiger partial charge is 0.306 e. The van der Waals surface area contributed by atoms with Gasteiger partial charge in [0.05, 0.1) is 72.4 Å². The standard InChI is InChI=1S/C60H36N6/c61-37-47-56(38-33-35-62-36-34-38)58(64-50-27-11-3-19-41(50)42-20-4-12-28-51(42)64)60(66-54-31-15-7-23-45(54)46-24-8-16-32-55(46)66)59(65-52-29-13-5-21-43(52)44-22-6-14-30-53(44)65)57(47)63-48-25-9-1-17-39(48)40-18-2-10-26-49(40)63/h1-36H. The summed E-state index contributed by atoms with van der Waals surface area (Å²) in [5, 5.41) is 21.4. The second-order valence-corrected chi connectivity index (χ2v) is 17.0. The van der Waals surface area contributed by atoms with E-state index >= 15 is 0 Å². The quantitative estimate of drug-likeness (QED) is 0.173. The minimum Gasteiger partial charge on any atom is -0.306 e. The van der Waals surface area contributed by atoms with Crippen molar-refractivity contribution in [2.45, 2.75) is 0 Å². The fourth-order valence-electron chi connectivity index (χ4n) is 11.1. The van der Waals surface area contributed by atoms with E-state index in [0.29, 0.717) is 5.56 Å². The molecule has 0 spiro atoms. The molecule has 0 amide bonds. The molecule has 0 unspecified atom stereocenters. The van der Waals surface area contributed by atoms with Gasteiger partial charge in [0.15, 0.2) is 0 Å². The van der Waals surface area contributed by atoms with Crippen LogP contribution >= 0.6 is 0 Å². The zero-order valence-electron chi connectivity index (χ0n) is 35.5. The third-order valence-electron chi connectivity index (χ3n) is 13.7. The van der Waals surface area contributed by atoms with Gasteiger partial charge in [-0.3, -0.25) is 4.98 Å². The molecule has 0 aliphatic carbocycles. The monoisotopic (exact) mass is 840 g/mol. The third-order valence-corrected chi connectivity index (χ3v) is 13.7. The van der Waals surface area contributed by atoms with E-state index in [1.807, 2.05) is 12.4 Å². The number of benzene rings is 9. The normalized spacial score (nSPS) is 11.9. The van der Waals surface area contributed by atoms with Crippen molar-refractivity contribution >= 4 is 87.2 Å². The Morgan fingerprint density at radius 3 is 0.818 bits per heavy atom. The van der Waals surface area contributed by atoms with E-state index in [1.165, 1.54) is 0 Å². The van der Waals surface area contributed by atoms with Crippen LogP contribution in [0.25, 0.3) is 121 Å². The molecule has 5 heterocycles. The van der Waals surface area contributed by atoms with Crippen molar-refractivity contribution in [2.75, 3.05) is 0 Å². The number of hydrogen-bond acceptors (Lipinski definition) is 2. The Morgan fingerprint density at radius 2 is 0.530 bits per heavy atom. The van der Waals surface area contributed by atoms with Gasteiger partial charge in [0.25, 0.3) is 0 Å². The topological polar surface area (TPSA) is 56.4 Å². The predicted molar refractivity (Wildman–Crippen MR) is 272 cm³/mol. The second-order valence-electron chi connectivity index (χ2n) is 17.0. The average Bonchev–Trinajstić information content (AvgIpc) is 4.11. The predicted octanol–water partition coefficient (Wildman–Crippen LogP) is 15.0. The summed E-state index contributed by atoms with van der Waals surface area (Å²) in [7, 11) is 0. The smallest absolute Gasteiger partial charge is 0.102 e. The number of rotatable bonds is 5. The highest BCUT2D eigenvalue weighted by Gasteiger charge is 2.34. The summed E-state index contributed by atoms with van der Waals surface area (Å²) >= 11 is 0. The van der Waals surface area contributed by atoms with Crippen molar-refractivity contribution in [2.24, 2.45) is 0 Å². The van der Waals surface area contributed by atoms with Crippen LogP contribution in [-0.4, -0.2) is 23.3 Å². The van der Waals surface area contributed by atoms with E-state index in [-0.39, 0.29) is 0 Å². The van der Waals surface area contributed by atoms with Gasteiger partial charge in [-0.1, -0.05) is 146 Å². The van der Waals surface area contributed by atoms with Crippen LogP contribution in [0.15, 0.2) is 219 Å². The van der Waals surface area contributed by atoms with Gasteiger partial charge >= 0.3 is 0 Å². The minimum absolute atomic E-state index is 0.547. The summed E-state index contributed by atoms with van der Waals surface area (Å²) in [6, 6.07) is 76.5. The van der Waals surface area contributed by atoms with Crippen LogP contribution in [0.1, 0.15) is 5.56 Å². The Bertz CT molecular complexity index is 4150. The van der Waals surface area contributed by atoms with Crippen molar-refractivity contribution in [1.29, 1.82) is 5.26 Å². The highest BCUT2D eigenvalue weighted by molar-refractivity contribution is 6.17. The summed E-state index contributed by atoms with van der Waals surface area (Å²) in [4.78, 5) is 4.55. The summed E-state index contributed by atoms with van der Waals surface area (Å²) in [5.41, 5.74) is 14.0. The lowest BCUT2D eigenvalue weighted by atomic mass is 9.93. The van der Waals surface area contributed by atoms with Crippen LogP contribution in [0.5, 0.6) is 0 Å². The Morgan fingerprint density at radius 1 is 0.288 bits per heavy atom. The first-order valence-electron chi connectivity index (χ1n) is 22.3. The highest BCUT2D eigenvalue weighted by Crippen LogP contribution is 2.51. The van der Waals surface area contributed by atoms with Gasteiger partial charge in [-0.2, -0.15) is 5.26 Å². The first kappa shape index (κ1) is 36.3. The fraction of sp³-hybridized carbons (Fsp3) is 0. The molecule has 6 nitrogen and oxygen atoms in total. The molecule has 0 radical (unpaired) electrons. The van der Waals surface area contributed by atoms with Crippen LogP contribution in [-0.2, 0) is 0 Å². The van der Waals surface area contributed by atoms with Gasteiger partial charge < -0.3 is 18.3 Å². The fourth-order valence-corrected chi connectivity index (χ4v) is 11.1. The Kier molecular flexibility index (Phi) is 7.65. The van der Waals surface area contributed by atoms with Crippen LogP contribution in [0, 0.1) is 11.3 Å². The van der Waals surface area contributed by atoms with Crippen LogP contribution in [0.3, 0.4) is 0 Å². The molecule has 0 saturated carbocycles. The maximum absolute atomic E-state index is 12.4. The van der Waals surface area contributed by atoms with Crippen LogP contribution in [0.4, 0.5) is 0 Å². The Labute approximate surface area is 378 Å². The molecule has 66 heavy (non-hydrogen) atoms. The number of fused-ring (bicyclic) bond motifs is 12. The number of pyridine rings is 1. The second kappa shape index (κ2) is 13.9. The van der Waals surface area contributed by atoms with E-state index in [0.717, 1.165) is 121 Å². The Hall–Kier alpha value is -9.18. The van der Waals surface area contributed by atoms with E-state index < -0.39 is 0 Å². The third kappa shape index (κ3) is 4.86. The van der Waals surface area contributed by atoms with Crippen molar-refractivity contribution in [3.05, 3.63) is 224 Å². The number of aromatic nitrogens is 5. The van der Waals surface area contributed by atoms with Gasteiger partial charge in [-0.15, -0.1) is 0 Å². The first-order valence-corrected chi connectivity index (χ1v) is 22.3. The lowest BCUT2D eigenvalue weighted by Gasteiger charge is -2.29. The van der Waals surface area contributed by atoms with E-state index in [2.05, 4.69) is 236 Å². The van der Waals surface area contributed by atoms with Crippen LogP contribution in [0.2, 0.25) is 0 Å². The highest BCUT2D eigenvalue weighted by atomic mass is 15.1. The summed E-state index contributed by atoms with van der Waals surface area (Å²) in [6.45, 7) is 0. The van der Waals surface area contributed by atoms with Crippen molar-refractivity contribution in [3.63, 3.8) is 0 Å². The van der Waals surface area contributed by atoms with E-state index in [4.69, 9.17) is 0 Å². The molecule has 0 aliphatic rings. The molecule has 0 fully saturated rings. The first-order chi connectivity index (χ1) is 32.8. The average molecular weight is 841 g/mol. The molecule has 14 rings (SSSR count). The van der Waals surface area contributed by atoms with Gasteiger partial charge in [-0.25, -0.2) is 0 Å². The molecule has 0 aliphatic heterocycles. The molecular formula is C60H36N6. The summed E-state index contributed by atoms with van der Waals surface area (Å²) in [6.07, 6.45) is 3.68. The maximum atomic E-state index is 12.4. The lowest BCUT2D eigenvalue weighted by Crippen LogP contribution is -2.16. The Balaban J connectivity index is 1.38. The summed E-state index contributed by atoms with van der Waals surface area (Å²) < 4.78 is 9.70. The van der Waals surface area contributed by atoms with Gasteiger partial charge in [-0.05, 0) is 66.2 Å². The molecule has 14 aromatic rings. The van der Waals surface area contributed by atoms with Crippen molar-refractivity contribution in [3.8, 4) is 39.9 Å². The van der Waals surface area contributed by atoms with Crippen molar-refractivity contribution < 1.29 is 0 Å². The number of nitrogens with zero attached hydrogens (tertiary/aromatic N) is 6. The van der Waals surface area contributed by atoms with Gasteiger partial charge in [0.1, 0.15) is 6.07 Å². The van der Waals surface area contributed by atoms with Crippen molar-refractivity contribution in [1.82, 2.24) is 23.3 Å². The lowest BCUT2D eigenvalue weighted by molar-refractivity contribution is 1.02. The minimum atomic E-state index is 0.547. The molecule has 0 N–H and O–H groups in total. The zero-order valence-corrected chi connectivity index (χ0v) is 35.5. The molecule has 306 valence electrons. The molecule has 5 aromatic heterocycles. The zero-order chi connectivity index (χ0) is 43.5. The van der Waals surface area contributed by atoms with E-state index in [9.17, 15) is 5.26 Å². The molecular weight excluding hydrogens is 805 g/mol. The number of para-hydroxylation sites is 8. The molecule has 6 heteroatoms. The van der Waals surface area contributed by atoms with Gasteiger partial charge in [0.2, 0.25) is 0 Å². The number of hydrogen-bond donors (Lipinski definition) is 0.